The van der Waals surface area contributed by atoms with Crippen LogP contribution in [-0.4, -0.2) is 9.97 Å². The number of benzene rings is 2. The molecule has 0 amide bonds. The minimum atomic E-state index is -0.214. The number of H-pyrrole nitrogens is 1. The van der Waals surface area contributed by atoms with E-state index >= 15 is 0 Å². The fourth-order valence-electron chi connectivity index (χ4n) is 2.20. The summed E-state index contributed by atoms with van der Waals surface area (Å²) >= 11 is 3.26. The van der Waals surface area contributed by atoms with Gasteiger partial charge in [0.15, 0.2) is 0 Å². The normalized spacial score (nSPS) is 12.7. The van der Waals surface area contributed by atoms with Gasteiger partial charge in [-0.3, -0.25) is 0 Å². The number of halogens is 2. The highest BCUT2D eigenvalue weighted by Crippen LogP contribution is 2.18. The molecule has 1 heterocycles. The fourth-order valence-corrected chi connectivity index (χ4v) is 2.54. The molecule has 21 heavy (non-hydrogen) atoms. The molecule has 0 saturated carbocycles. The van der Waals surface area contributed by atoms with Crippen LogP contribution in [0.1, 0.15) is 24.4 Å². The first-order valence-electron chi connectivity index (χ1n) is 6.75. The van der Waals surface area contributed by atoms with Gasteiger partial charge in [0.05, 0.1) is 17.1 Å². The number of aromatic amines is 1. The molecule has 2 N–H and O–H groups in total. The lowest BCUT2D eigenvalue weighted by Crippen LogP contribution is -2.19. The molecule has 0 saturated heterocycles. The first kappa shape index (κ1) is 14.2. The van der Waals surface area contributed by atoms with E-state index in [1.165, 1.54) is 6.07 Å². The molecule has 0 aliphatic heterocycles. The highest BCUT2D eigenvalue weighted by molar-refractivity contribution is 9.10. The molecular formula is C16H15BrFN3. The van der Waals surface area contributed by atoms with Gasteiger partial charge < -0.3 is 10.3 Å². The number of hydrogen-bond acceptors (Lipinski definition) is 2. The monoisotopic (exact) mass is 347 g/mol. The zero-order valence-electron chi connectivity index (χ0n) is 11.5. The Labute approximate surface area is 130 Å². The lowest BCUT2D eigenvalue weighted by Gasteiger charge is -2.12. The Morgan fingerprint density at radius 3 is 2.86 bits per heavy atom. The largest absolute Gasteiger partial charge is 0.341 e. The summed E-state index contributed by atoms with van der Waals surface area (Å²) in [7, 11) is 0. The van der Waals surface area contributed by atoms with E-state index in [-0.39, 0.29) is 11.9 Å². The molecule has 1 atom stereocenters. The molecule has 5 heteroatoms. The van der Waals surface area contributed by atoms with Gasteiger partial charge >= 0.3 is 0 Å². The SMILES string of the molecule is CC(NCc1ccc(Br)cc1F)c1nc2ccccc2[nH]1. The number of nitrogens with one attached hydrogen (secondary N) is 2. The third-order valence-electron chi connectivity index (χ3n) is 3.43. The Morgan fingerprint density at radius 1 is 1.29 bits per heavy atom. The van der Waals surface area contributed by atoms with Crippen molar-refractivity contribution < 1.29 is 4.39 Å². The Hall–Kier alpha value is -1.72. The topological polar surface area (TPSA) is 40.7 Å². The molecule has 1 aromatic heterocycles. The van der Waals surface area contributed by atoms with Crippen LogP contribution in [0.4, 0.5) is 4.39 Å². The maximum Gasteiger partial charge on any atom is 0.128 e. The second-order valence-electron chi connectivity index (χ2n) is 4.98. The Kier molecular flexibility index (Phi) is 4.03. The molecular weight excluding hydrogens is 333 g/mol. The number of fused-ring (bicyclic) bond motifs is 1. The van der Waals surface area contributed by atoms with Gasteiger partial charge in [0.1, 0.15) is 11.6 Å². The third-order valence-corrected chi connectivity index (χ3v) is 3.92. The van der Waals surface area contributed by atoms with E-state index < -0.39 is 0 Å². The van der Waals surface area contributed by atoms with E-state index in [1.54, 1.807) is 6.07 Å². The third kappa shape index (κ3) is 3.14. The molecule has 0 aliphatic carbocycles. The maximum absolute atomic E-state index is 13.8. The summed E-state index contributed by atoms with van der Waals surface area (Å²) in [5, 5.41) is 3.29. The van der Waals surface area contributed by atoms with Crippen molar-refractivity contribution >= 4 is 27.0 Å². The van der Waals surface area contributed by atoms with Crippen molar-refractivity contribution in [1.82, 2.24) is 15.3 Å². The van der Waals surface area contributed by atoms with E-state index in [2.05, 4.69) is 31.2 Å². The lowest BCUT2D eigenvalue weighted by molar-refractivity contribution is 0.529. The number of hydrogen-bond donors (Lipinski definition) is 2. The van der Waals surface area contributed by atoms with Gasteiger partial charge in [-0.05, 0) is 31.2 Å². The van der Waals surface area contributed by atoms with Crippen LogP contribution in [0.25, 0.3) is 11.0 Å². The quantitative estimate of drug-likeness (QED) is 0.737. The number of para-hydroxylation sites is 2. The summed E-state index contributed by atoms with van der Waals surface area (Å²) in [6.45, 7) is 2.46. The molecule has 108 valence electrons. The van der Waals surface area contributed by atoms with E-state index in [9.17, 15) is 4.39 Å². The van der Waals surface area contributed by atoms with Gasteiger partial charge in [-0.25, -0.2) is 9.37 Å². The first-order chi connectivity index (χ1) is 10.1. The second-order valence-corrected chi connectivity index (χ2v) is 5.89. The molecule has 0 bridgehead atoms. The number of aromatic nitrogens is 2. The smallest absolute Gasteiger partial charge is 0.128 e. The predicted octanol–water partition coefficient (Wildman–Crippen LogP) is 4.32. The van der Waals surface area contributed by atoms with Crippen LogP contribution in [0.15, 0.2) is 46.9 Å². The zero-order chi connectivity index (χ0) is 14.8. The van der Waals surface area contributed by atoms with Crippen molar-refractivity contribution in [2.45, 2.75) is 19.5 Å². The van der Waals surface area contributed by atoms with Crippen LogP contribution in [0.3, 0.4) is 0 Å². The summed E-state index contributed by atoms with van der Waals surface area (Å²) in [5.41, 5.74) is 2.59. The molecule has 3 nitrogen and oxygen atoms in total. The predicted molar refractivity (Wildman–Crippen MR) is 85.4 cm³/mol. The van der Waals surface area contributed by atoms with Crippen molar-refractivity contribution in [2.75, 3.05) is 0 Å². The minimum absolute atomic E-state index is 0.0143. The standard InChI is InChI=1S/C16H15BrFN3/c1-10(16-20-14-4-2-3-5-15(14)21-16)19-9-11-6-7-12(17)8-13(11)18/h2-8,10,19H,9H2,1H3,(H,20,21). The average molecular weight is 348 g/mol. The van der Waals surface area contributed by atoms with E-state index in [0.29, 0.717) is 12.1 Å². The van der Waals surface area contributed by atoms with Crippen LogP contribution in [0, 0.1) is 5.82 Å². The van der Waals surface area contributed by atoms with Gasteiger partial charge in [0, 0.05) is 16.6 Å². The van der Waals surface area contributed by atoms with Crippen molar-refractivity contribution in [3.05, 3.63) is 64.1 Å². The van der Waals surface area contributed by atoms with Crippen LogP contribution < -0.4 is 5.32 Å². The van der Waals surface area contributed by atoms with Gasteiger partial charge in [-0.1, -0.05) is 34.1 Å². The Morgan fingerprint density at radius 2 is 2.10 bits per heavy atom. The highest BCUT2D eigenvalue weighted by atomic mass is 79.9. The molecule has 0 fully saturated rings. The Bertz CT molecular complexity index is 736. The maximum atomic E-state index is 13.8. The summed E-state index contributed by atoms with van der Waals surface area (Å²) in [4.78, 5) is 7.82. The van der Waals surface area contributed by atoms with Gasteiger partial charge in [-0.15, -0.1) is 0 Å². The van der Waals surface area contributed by atoms with Gasteiger partial charge in [-0.2, -0.15) is 0 Å². The minimum Gasteiger partial charge on any atom is -0.341 e. The molecule has 0 spiro atoms. The average Bonchev–Trinajstić information content (AvgIpc) is 2.90. The van der Waals surface area contributed by atoms with Crippen LogP contribution in [-0.2, 0) is 6.54 Å². The molecule has 1 unspecified atom stereocenters. The molecule has 2 aromatic carbocycles. The number of imidazole rings is 1. The van der Waals surface area contributed by atoms with E-state index in [1.807, 2.05) is 37.3 Å². The van der Waals surface area contributed by atoms with E-state index in [0.717, 1.165) is 21.3 Å². The summed E-state index contributed by atoms with van der Waals surface area (Å²) < 4.78 is 14.5. The molecule has 0 radical (unpaired) electrons. The first-order valence-corrected chi connectivity index (χ1v) is 7.55. The van der Waals surface area contributed by atoms with Crippen molar-refractivity contribution in [2.24, 2.45) is 0 Å². The number of nitrogens with zero attached hydrogens (tertiary/aromatic N) is 1. The summed E-state index contributed by atoms with van der Waals surface area (Å²) in [6.07, 6.45) is 0. The summed E-state index contributed by atoms with van der Waals surface area (Å²) in [5.74, 6) is 0.641. The van der Waals surface area contributed by atoms with Crippen molar-refractivity contribution in [1.29, 1.82) is 0 Å². The van der Waals surface area contributed by atoms with Crippen LogP contribution in [0.5, 0.6) is 0 Å². The number of rotatable bonds is 4. The highest BCUT2D eigenvalue weighted by Gasteiger charge is 2.11. The summed E-state index contributed by atoms with van der Waals surface area (Å²) in [6, 6.07) is 13.0. The van der Waals surface area contributed by atoms with Crippen molar-refractivity contribution in [3.63, 3.8) is 0 Å². The van der Waals surface area contributed by atoms with Gasteiger partial charge in [0.2, 0.25) is 0 Å². The fraction of sp³-hybridized carbons (Fsp3) is 0.188. The lowest BCUT2D eigenvalue weighted by atomic mass is 10.2. The Balaban J connectivity index is 1.72. The van der Waals surface area contributed by atoms with Crippen LogP contribution >= 0.6 is 15.9 Å². The molecule has 0 aliphatic rings. The van der Waals surface area contributed by atoms with E-state index in [4.69, 9.17) is 0 Å². The molecule has 3 rings (SSSR count). The molecule has 3 aromatic rings. The van der Waals surface area contributed by atoms with Crippen LogP contribution in [0.2, 0.25) is 0 Å². The second kappa shape index (κ2) is 5.95. The van der Waals surface area contributed by atoms with Gasteiger partial charge in [0.25, 0.3) is 0 Å². The zero-order valence-corrected chi connectivity index (χ0v) is 13.1. The van der Waals surface area contributed by atoms with Crippen molar-refractivity contribution in [3.8, 4) is 0 Å².